The molecular formula is C13H21NO2S. The lowest BCUT2D eigenvalue weighted by molar-refractivity contribution is 0.301. The molecule has 1 heterocycles. The van der Waals surface area contributed by atoms with E-state index in [4.69, 9.17) is 0 Å². The van der Waals surface area contributed by atoms with E-state index in [1.807, 2.05) is 35.5 Å². The number of aryl methyl sites for hydroxylation is 1. The molecule has 1 fully saturated rings. The standard InChI is InChI=1S/C13H21NO2S/c1-10-4-8-13(9-5-10)17(15,16)14-11(2)6-7-12(14)3/h4-5,8-9,11-12,15-16H,6-7H2,1-3H3. The Bertz CT molecular complexity index is 381. The van der Waals surface area contributed by atoms with E-state index in [2.05, 4.69) is 13.8 Å². The second-order valence-corrected chi connectivity index (χ2v) is 6.90. The van der Waals surface area contributed by atoms with Crippen molar-refractivity contribution in [1.82, 2.24) is 4.31 Å². The Labute approximate surface area is 105 Å². The minimum atomic E-state index is -2.82. The fourth-order valence-electron chi connectivity index (χ4n) is 2.52. The highest BCUT2D eigenvalue weighted by Crippen LogP contribution is 2.56. The topological polar surface area (TPSA) is 43.7 Å². The van der Waals surface area contributed by atoms with Crippen LogP contribution in [0.3, 0.4) is 0 Å². The number of nitrogens with zero attached hydrogens (tertiary/aromatic N) is 1. The number of rotatable bonds is 2. The Morgan fingerprint density at radius 3 is 2.00 bits per heavy atom. The van der Waals surface area contributed by atoms with E-state index in [1.165, 1.54) is 0 Å². The lowest BCUT2D eigenvalue weighted by Crippen LogP contribution is -2.35. The van der Waals surface area contributed by atoms with Crippen molar-refractivity contribution >= 4 is 10.8 Å². The molecule has 17 heavy (non-hydrogen) atoms. The summed E-state index contributed by atoms with van der Waals surface area (Å²) in [5, 5.41) is 0. The molecule has 4 heteroatoms. The van der Waals surface area contributed by atoms with Gasteiger partial charge in [-0.15, -0.1) is 10.8 Å². The van der Waals surface area contributed by atoms with Crippen molar-refractivity contribution < 1.29 is 9.11 Å². The zero-order valence-corrected chi connectivity index (χ0v) is 11.4. The molecule has 0 amide bonds. The highest BCUT2D eigenvalue weighted by atomic mass is 32.3. The molecule has 0 saturated carbocycles. The Morgan fingerprint density at radius 1 is 1.06 bits per heavy atom. The highest BCUT2D eigenvalue weighted by Gasteiger charge is 2.37. The first-order valence-corrected chi connectivity index (χ1v) is 7.56. The van der Waals surface area contributed by atoms with Crippen LogP contribution in [0.15, 0.2) is 29.2 Å². The molecule has 0 spiro atoms. The Balaban J connectivity index is 2.31. The molecule has 1 aromatic carbocycles. The van der Waals surface area contributed by atoms with E-state index in [-0.39, 0.29) is 12.1 Å². The van der Waals surface area contributed by atoms with Crippen LogP contribution in [0.2, 0.25) is 0 Å². The van der Waals surface area contributed by atoms with Crippen molar-refractivity contribution in [2.45, 2.75) is 50.6 Å². The van der Waals surface area contributed by atoms with Gasteiger partial charge in [0.15, 0.2) is 0 Å². The van der Waals surface area contributed by atoms with Crippen LogP contribution in [-0.2, 0) is 0 Å². The molecule has 1 aliphatic heterocycles. The van der Waals surface area contributed by atoms with Gasteiger partial charge in [0.25, 0.3) is 0 Å². The first kappa shape index (κ1) is 12.9. The summed E-state index contributed by atoms with van der Waals surface area (Å²) in [6.07, 6.45) is 2.06. The van der Waals surface area contributed by atoms with E-state index >= 15 is 0 Å². The van der Waals surface area contributed by atoms with Crippen molar-refractivity contribution in [3.8, 4) is 0 Å². The molecule has 1 saturated heterocycles. The fourth-order valence-corrected chi connectivity index (χ4v) is 4.47. The maximum Gasteiger partial charge on any atom is 0.0753 e. The van der Waals surface area contributed by atoms with Crippen LogP contribution in [0.5, 0.6) is 0 Å². The summed E-state index contributed by atoms with van der Waals surface area (Å²) in [6, 6.07) is 7.96. The molecule has 2 unspecified atom stereocenters. The molecule has 2 atom stereocenters. The van der Waals surface area contributed by atoms with Gasteiger partial charge in [-0.3, -0.25) is 9.11 Å². The minimum Gasteiger partial charge on any atom is -0.281 e. The largest absolute Gasteiger partial charge is 0.281 e. The molecular weight excluding hydrogens is 234 g/mol. The average molecular weight is 255 g/mol. The lowest BCUT2D eigenvalue weighted by atomic mass is 10.2. The van der Waals surface area contributed by atoms with E-state index in [0.29, 0.717) is 4.90 Å². The van der Waals surface area contributed by atoms with Gasteiger partial charge in [0.1, 0.15) is 0 Å². The predicted octanol–water partition coefficient (Wildman–Crippen LogP) is 3.89. The molecule has 1 aliphatic rings. The van der Waals surface area contributed by atoms with Crippen LogP contribution in [0.4, 0.5) is 0 Å². The van der Waals surface area contributed by atoms with Gasteiger partial charge in [0.05, 0.1) is 4.90 Å². The van der Waals surface area contributed by atoms with Crippen LogP contribution in [-0.4, -0.2) is 25.5 Å². The fraction of sp³-hybridized carbons (Fsp3) is 0.538. The van der Waals surface area contributed by atoms with E-state index < -0.39 is 10.8 Å². The number of hydrogen-bond donors (Lipinski definition) is 2. The summed E-state index contributed by atoms with van der Waals surface area (Å²) in [7, 11) is -2.82. The van der Waals surface area contributed by atoms with Gasteiger partial charge in [-0.05, 0) is 45.7 Å². The van der Waals surface area contributed by atoms with Gasteiger partial charge in [-0.25, -0.2) is 0 Å². The smallest absolute Gasteiger partial charge is 0.0753 e. The third-order valence-corrected chi connectivity index (χ3v) is 5.71. The summed E-state index contributed by atoms with van der Waals surface area (Å²) in [5.41, 5.74) is 1.13. The third-order valence-electron chi connectivity index (χ3n) is 3.50. The van der Waals surface area contributed by atoms with Gasteiger partial charge >= 0.3 is 0 Å². The van der Waals surface area contributed by atoms with Gasteiger partial charge in [-0.2, -0.15) is 4.31 Å². The Morgan fingerprint density at radius 2 is 1.53 bits per heavy atom. The normalized spacial score (nSPS) is 27.4. The first-order valence-electron chi connectivity index (χ1n) is 6.06. The third kappa shape index (κ3) is 2.36. The Kier molecular flexibility index (Phi) is 3.50. The molecule has 2 N–H and O–H groups in total. The minimum absolute atomic E-state index is 0.233. The van der Waals surface area contributed by atoms with Crippen LogP contribution in [0.1, 0.15) is 32.3 Å². The van der Waals surface area contributed by atoms with Gasteiger partial charge in [0.2, 0.25) is 0 Å². The lowest BCUT2D eigenvalue weighted by Gasteiger charge is -2.45. The summed E-state index contributed by atoms with van der Waals surface area (Å²) < 4.78 is 22.8. The molecule has 0 radical (unpaired) electrons. The van der Waals surface area contributed by atoms with E-state index in [9.17, 15) is 9.11 Å². The van der Waals surface area contributed by atoms with Crippen molar-refractivity contribution in [2.24, 2.45) is 0 Å². The van der Waals surface area contributed by atoms with Crippen molar-refractivity contribution in [2.75, 3.05) is 0 Å². The van der Waals surface area contributed by atoms with Gasteiger partial charge < -0.3 is 0 Å². The van der Waals surface area contributed by atoms with Crippen LogP contribution >= 0.6 is 10.8 Å². The molecule has 1 aromatic rings. The average Bonchev–Trinajstić information content (AvgIpc) is 2.59. The molecule has 0 bridgehead atoms. The zero-order chi connectivity index (χ0) is 12.6. The number of hydrogen-bond acceptors (Lipinski definition) is 3. The van der Waals surface area contributed by atoms with Gasteiger partial charge in [-0.1, -0.05) is 17.7 Å². The highest BCUT2D eigenvalue weighted by molar-refractivity contribution is 8.22. The first-order chi connectivity index (χ1) is 7.93. The molecule has 2 rings (SSSR count). The quantitative estimate of drug-likeness (QED) is 0.842. The summed E-state index contributed by atoms with van der Waals surface area (Å²) in [4.78, 5) is 0.628. The summed E-state index contributed by atoms with van der Waals surface area (Å²) in [5.74, 6) is 0. The summed E-state index contributed by atoms with van der Waals surface area (Å²) in [6.45, 7) is 6.12. The van der Waals surface area contributed by atoms with Crippen molar-refractivity contribution in [3.63, 3.8) is 0 Å². The molecule has 96 valence electrons. The van der Waals surface area contributed by atoms with Crippen LogP contribution in [0, 0.1) is 6.92 Å². The second kappa shape index (κ2) is 4.61. The monoisotopic (exact) mass is 255 g/mol. The van der Waals surface area contributed by atoms with Crippen molar-refractivity contribution in [3.05, 3.63) is 29.8 Å². The Hall–Kier alpha value is -0.550. The van der Waals surface area contributed by atoms with Gasteiger partial charge in [0, 0.05) is 12.1 Å². The number of benzene rings is 1. The molecule has 0 aromatic heterocycles. The van der Waals surface area contributed by atoms with Crippen molar-refractivity contribution in [1.29, 1.82) is 0 Å². The maximum absolute atomic E-state index is 10.5. The van der Waals surface area contributed by atoms with E-state index in [0.717, 1.165) is 18.4 Å². The maximum atomic E-state index is 10.5. The summed E-state index contributed by atoms with van der Waals surface area (Å²) >= 11 is 0. The zero-order valence-electron chi connectivity index (χ0n) is 10.6. The second-order valence-electron chi connectivity index (χ2n) is 4.97. The predicted molar refractivity (Wildman–Crippen MR) is 72.3 cm³/mol. The SMILES string of the molecule is Cc1ccc(S(O)(O)N2C(C)CCC2C)cc1. The van der Waals surface area contributed by atoms with Crippen LogP contribution < -0.4 is 0 Å². The molecule has 3 nitrogen and oxygen atoms in total. The molecule has 0 aliphatic carbocycles. The van der Waals surface area contributed by atoms with E-state index in [1.54, 1.807) is 0 Å². The van der Waals surface area contributed by atoms with Crippen LogP contribution in [0.25, 0.3) is 0 Å².